The molecule has 2 fully saturated rings. The third kappa shape index (κ3) is 2.28. The summed E-state index contributed by atoms with van der Waals surface area (Å²) >= 11 is 0. The van der Waals surface area contributed by atoms with E-state index in [-0.39, 0.29) is 24.0 Å². The summed E-state index contributed by atoms with van der Waals surface area (Å²) in [4.78, 5) is 22.6. The maximum atomic E-state index is 11.8. The third-order valence-corrected chi connectivity index (χ3v) is 3.79. The molecule has 0 radical (unpaired) electrons. The van der Waals surface area contributed by atoms with Gasteiger partial charge >= 0.3 is 0 Å². The molecule has 0 aromatic carbocycles. The Hall–Kier alpha value is -1.69. The number of hydrogen-bond acceptors (Lipinski definition) is 5. The van der Waals surface area contributed by atoms with Gasteiger partial charge in [-0.15, -0.1) is 0 Å². The van der Waals surface area contributed by atoms with Crippen LogP contribution in [-0.2, 0) is 9.53 Å². The highest BCUT2D eigenvalue weighted by Gasteiger charge is 2.44. The molecule has 2 bridgehead atoms. The van der Waals surface area contributed by atoms with E-state index in [0.29, 0.717) is 6.54 Å². The number of carbonyl (C=O) groups is 1. The topological polar surface area (TPSA) is 67.4 Å². The Labute approximate surface area is 112 Å². The van der Waals surface area contributed by atoms with Crippen LogP contribution in [0.5, 0.6) is 0 Å². The highest BCUT2D eigenvalue weighted by molar-refractivity contribution is 5.79. The Morgan fingerprint density at radius 2 is 2.16 bits per heavy atom. The number of aromatic nitrogens is 2. The molecule has 2 aliphatic heterocycles. The average molecular weight is 262 g/mol. The number of aryl methyl sites for hydroxylation is 1. The van der Waals surface area contributed by atoms with Crippen LogP contribution in [-0.4, -0.2) is 48.2 Å². The molecule has 0 unspecified atom stereocenters. The van der Waals surface area contributed by atoms with Crippen LogP contribution in [0.3, 0.4) is 0 Å². The summed E-state index contributed by atoms with van der Waals surface area (Å²) in [5, 5.41) is 2.71. The first-order chi connectivity index (χ1) is 9.17. The first-order valence-electron chi connectivity index (χ1n) is 6.58. The van der Waals surface area contributed by atoms with E-state index in [1.807, 2.05) is 19.3 Å². The van der Waals surface area contributed by atoms with Gasteiger partial charge in [-0.2, -0.15) is 0 Å². The molecule has 19 heavy (non-hydrogen) atoms. The lowest BCUT2D eigenvalue weighted by Gasteiger charge is -2.32. The Morgan fingerprint density at radius 3 is 2.84 bits per heavy atom. The van der Waals surface area contributed by atoms with Gasteiger partial charge in [0.2, 0.25) is 11.9 Å². The molecule has 3 heterocycles. The van der Waals surface area contributed by atoms with Crippen molar-refractivity contribution in [3.05, 3.63) is 18.0 Å². The molecule has 2 aliphatic rings. The number of nitrogens with zero attached hydrogens (tertiary/aromatic N) is 3. The molecule has 0 spiro atoms. The summed E-state index contributed by atoms with van der Waals surface area (Å²) < 4.78 is 5.85. The van der Waals surface area contributed by atoms with Gasteiger partial charge in [0, 0.05) is 32.5 Å². The van der Waals surface area contributed by atoms with Crippen LogP contribution in [0, 0.1) is 12.8 Å². The van der Waals surface area contributed by atoms with E-state index in [9.17, 15) is 4.79 Å². The van der Waals surface area contributed by atoms with Gasteiger partial charge in [-0.05, 0) is 18.9 Å². The minimum Gasteiger partial charge on any atom is -0.370 e. The van der Waals surface area contributed by atoms with Gasteiger partial charge in [-0.25, -0.2) is 9.97 Å². The molecule has 1 amide bonds. The van der Waals surface area contributed by atoms with Crippen LogP contribution < -0.4 is 10.2 Å². The highest BCUT2D eigenvalue weighted by Crippen LogP contribution is 2.33. The summed E-state index contributed by atoms with van der Waals surface area (Å²) in [6, 6.07) is 0. The fourth-order valence-corrected chi connectivity index (χ4v) is 2.83. The van der Waals surface area contributed by atoms with Gasteiger partial charge in [0.05, 0.1) is 18.1 Å². The number of carbonyl (C=O) groups excluding carboxylic acids is 1. The Kier molecular flexibility index (Phi) is 3.10. The van der Waals surface area contributed by atoms with Crippen molar-refractivity contribution in [2.24, 2.45) is 5.92 Å². The minimum absolute atomic E-state index is 0.0505. The molecule has 3 rings (SSSR count). The van der Waals surface area contributed by atoms with Gasteiger partial charge in [0.25, 0.3) is 0 Å². The monoisotopic (exact) mass is 262 g/mol. The Morgan fingerprint density at radius 1 is 1.42 bits per heavy atom. The van der Waals surface area contributed by atoms with Crippen LogP contribution in [0.2, 0.25) is 0 Å². The molecular weight excluding hydrogens is 244 g/mol. The van der Waals surface area contributed by atoms with E-state index in [0.717, 1.165) is 24.5 Å². The van der Waals surface area contributed by atoms with Crippen molar-refractivity contribution in [1.82, 2.24) is 15.3 Å². The van der Waals surface area contributed by atoms with Crippen molar-refractivity contribution in [2.45, 2.75) is 25.6 Å². The Bertz CT molecular complexity index is 476. The maximum Gasteiger partial charge on any atom is 0.225 e. The van der Waals surface area contributed by atoms with Gasteiger partial charge in [0.1, 0.15) is 0 Å². The smallest absolute Gasteiger partial charge is 0.225 e. The van der Waals surface area contributed by atoms with Crippen molar-refractivity contribution in [3.63, 3.8) is 0 Å². The molecule has 6 heteroatoms. The van der Waals surface area contributed by atoms with Crippen LogP contribution >= 0.6 is 0 Å². The van der Waals surface area contributed by atoms with Gasteiger partial charge in [0.15, 0.2) is 0 Å². The van der Waals surface area contributed by atoms with E-state index in [1.54, 1.807) is 7.05 Å². The van der Waals surface area contributed by atoms with Gasteiger partial charge in [-0.1, -0.05) is 0 Å². The maximum absolute atomic E-state index is 11.8. The number of rotatable bonds is 2. The number of ether oxygens (including phenoxy) is 1. The number of hydrogen-bond donors (Lipinski definition) is 1. The summed E-state index contributed by atoms with van der Waals surface area (Å²) in [5.74, 6) is 0.742. The lowest BCUT2D eigenvalue weighted by molar-refractivity contribution is -0.126. The van der Waals surface area contributed by atoms with Crippen molar-refractivity contribution >= 4 is 11.9 Å². The number of amides is 1. The Balaban J connectivity index is 1.75. The van der Waals surface area contributed by atoms with E-state index in [2.05, 4.69) is 20.2 Å². The molecule has 3 atom stereocenters. The fraction of sp³-hybridized carbons (Fsp3) is 0.615. The van der Waals surface area contributed by atoms with E-state index in [1.165, 1.54) is 0 Å². The number of fused-ring (bicyclic) bond motifs is 2. The van der Waals surface area contributed by atoms with Crippen molar-refractivity contribution < 1.29 is 9.53 Å². The van der Waals surface area contributed by atoms with Crippen LogP contribution in [0.1, 0.15) is 12.0 Å². The fourth-order valence-electron chi connectivity index (χ4n) is 2.83. The standard InChI is InChI=1S/C13H18N4O2/c1-8-4-15-13(16-5-8)17-6-9-3-10(12(18)14-2)11(7-17)19-9/h4-5,9-11H,3,6-7H2,1-2H3,(H,14,18)/t9-,10-,11+/m0/s1. The molecule has 1 aromatic rings. The largest absolute Gasteiger partial charge is 0.370 e. The van der Waals surface area contributed by atoms with E-state index >= 15 is 0 Å². The lowest BCUT2D eigenvalue weighted by atomic mass is 10.00. The summed E-state index contributed by atoms with van der Waals surface area (Å²) in [7, 11) is 1.67. The normalized spacial score (nSPS) is 29.4. The number of nitrogens with one attached hydrogen (secondary N) is 1. The summed E-state index contributed by atoms with van der Waals surface area (Å²) in [5.41, 5.74) is 1.04. The molecular formula is C13H18N4O2. The second-order valence-corrected chi connectivity index (χ2v) is 5.22. The number of morpholine rings is 1. The molecule has 2 saturated heterocycles. The molecule has 0 aliphatic carbocycles. The van der Waals surface area contributed by atoms with Gasteiger partial charge in [-0.3, -0.25) is 4.79 Å². The van der Waals surface area contributed by atoms with Crippen molar-refractivity contribution in [2.75, 3.05) is 25.0 Å². The highest BCUT2D eigenvalue weighted by atomic mass is 16.5. The van der Waals surface area contributed by atoms with Gasteiger partial charge < -0.3 is 15.0 Å². The molecule has 102 valence electrons. The predicted octanol–water partition coefficient (Wildman–Crippen LogP) is 0.125. The average Bonchev–Trinajstić information content (AvgIpc) is 2.73. The first-order valence-corrected chi connectivity index (χ1v) is 6.58. The first kappa shape index (κ1) is 12.3. The molecule has 1 N–H and O–H groups in total. The quantitative estimate of drug-likeness (QED) is 0.820. The van der Waals surface area contributed by atoms with E-state index < -0.39 is 0 Å². The summed E-state index contributed by atoms with van der Waals surface area (Å²) in [6.45, 7) is 3.40. The molecule has 6 nitrogen and oxygen atoms in total. The third-order valence-electron chi connectivity index (χ3n) is 3.79. The second-order valence-electron chi connectivity index (χ2n) is 5.22. The van der Waals surface area contributed by atoms with Crippen LogP contribution in [0.4, 0.5) is 5.95 Å². The predicted molar refractivity (Wildman–Crippen MR) is 69.8 cm³/mol. The minimum atomic E-state index is -0.0522. The zero-order valence-corrected chi connectivity index (χ0v) is 11.2. The zero-order valence-electron chi connectivity index (χ0n) is 11.2. The van der Waals surface area contributed by atoms with Crippen LogP contribution in [0.25, 0.3) is 0 Å². The number of anilines is 1. The summed E-state index contributed by atoms with van der Waals surface area (Å²) in [6.07, 6.45) is 4.47. The van der Waals surface area contributed by atoms with Crippen molar-refractivity contribution in [1.29, 1.82) is 0 Å². The van der Waals surface area contributed by atoms with Crippen molar-refractivity contribution in [3.8, 4) is 0 Å². The molecule has 0 saturated carbocycles. The zero-order chi connectivity index (χ0) is 13.4. The molecule has 1 aromatic heterocycles. The second kappa shape index (κ2) is 4.77. The SMILES string of the molecule is CNC(=O)[C@H]1C[C@H]2CN(c3ncc(C)cn3)C[C@H]1O2. The van der Waals surface area contributed by atoms with E-state index in [4.69, 9.17) is 4.74 Å². The van der Waals surface area contributed by atoms with Crippen LogP contribution in [0.15, 0.2) is 12.4 Å². The lowest BCUT2D eigenvalue weighted by Crippen LogP contribution is -2.45.